The van der Waals surface area contributed by atoms with E-state index in [9.17, 15) is 4.79 Å². The Morgan fingerprint density at radius 1 is 1.04 bits per heavy atom. The van der Waals surface area contributed by atoms with Crippen LogP contribution in [0.2, 0.25) is 0 Å². The summed E-state index contributed by atoms with van der Waals surface area (Å²) < 4.78 is 0. The molecule has 3 aliphatic rings. The Kier molecular flexibility index (Phi) is 3.77. The molecule has 0 radical (unpaired) electrons. The van der Waals surface area contributed by atoms with E-state index < -0.39 is 5.91 Å². The number of piperidine rings is 3. The van der Waals surface area contributed by atoms with Crippen LogP contribution in [0.3, 0.4) is 0 Å². The zero-order chi connectivity index (χ0) is 16.7. The number of nitrogen functional groups attached to an aromatic ring is 1. The molecule has 4 N–H and O–H groups in total. The van der Waals surface area contributed by atoms with Gasteiger partial charge in [0.05, 0.1) is 11.3 Å². The van der Waals surface area contributed by atoms with Gasteiger partial charge in [-0.05, 0) is 49.0 Å². The smallest absolute Gasteiger partial charge is 0.250 e. The van der Waals surface area contributed by atoms with Crippen LogP contribution in [0, 0.1) is 5.92 Å². The molecule has 1 atom stereocenters. The van der Waals surface area contributed by atoms with Gasteiger partial charge in [-0.1, -0.05) is 36.4 Å². The molecule has 0 spiro atoms. The number of hydrogen-bond donors (Lipinski definition) is 2. The first-order valence-electron chi connectivity index (χ1n) is 8.65. The van der Waals surface area contributed by atoms with Crippen molar-refractivity contribution >= 4 is 11.6 Å². The minimum absolute atomic E-state index is 0.416. The maximum Gasteiger partial charge on any atom is 0.250 e. The number of benzene rings is 2. The van der Waals surface area contributed by atoms with Crippen molar-refractivity contribution < 1.29 is 4.79 Å². The number of amides is 1. The van der Waals surface area contributed by atoms with E-state index in [1.165, 1.54) is 31.5 Å². The van der Waals surface area contributed by atoms with Crippen LogP contribution in [0.5, 0.6) is 0 Å². The molecule has 4 nitrogen and oxygen atoms in total. The maximum absolute atomic E-state index is 11.8. The Morgan fingerprint density at radius 3 is 2.33 bits per heavy atom. The molecule has 3 saturated heterocycles. The molecule has 24 heavy (non-hydrogen) atoms. The standard InChI is InChI=1S/C20H23N3O/c21-19-16(20(22)24)7-6-15(18(19)14-4-2-1-3-5-14)17-12-23-10-8-13(17)9-11-23/h1-7,13,17H,8-12,21H2,(H2,22,24). The van der Waals surface area contributed by atoms with Crippen LogP contribution < -0.4 is 11.5 Å². The van der Waals surface area contributed by atoms with Gasteiger partial charge >= 0.3 is 0 Å². The molecule has 5 rings (SSSR count). The third-order valence-electron chi connectivity index (χ3n) is 5.66. The van der Waals surface area contributed by atoms with Crippen molar-refractivity contribution in [2.45, 2.75) is 18.8 Å². The number of nitrogens with two attached hydrogens (primary N) is 2. The highest BCUT2D eigenvalue weighted by molar-refractivity contribution is 6.02. The van der Waals surface area contributed by atoms with Gasteiger partial charge in [-0.15, -0.1) is 0 Å². The summed E-state index contributed by atoms with van der Waals surface area (Å²) in [6.45, 7) is 3.49. The quantitative estimate of drug-likeness (QED) is 0.854. The summed E-state index contributed by atoms with van der Waals surface area (Å²) in [6, 6.07) is 14.0. The fourth-order valence-electron chi connectivity index (χ4n) is 4.40. The van der Waals surface area contributed by atoms with Gasteiger partial charge in [0.15, 0.2) is 0 Å². The van der Waals surface area contributed by atoms with E-state index in [-0.39, 0.29) is 0 Å². The van der Waals surface area contributed by atoms with Gasteiger partial charge in [0, 0.05) is 18.0 Å². The van der Waals surface area contributed by atoms with Crippen LogP contribution in [0.25, 0.3) is 11.1 Å². The molecule has 0 aliphatic carbocycles. The summed E-state index contributed by atoms with van der Waals surface area (Å²) in [5.74, 6) is 0.716. The number of anilines is 1. The number of fused-ring (bicyclic) bond motifs is 3. The lowest BCUT2D eigenvalue weighted by molar-refractivity contribution is 0.0873. The van der Waals surface area contributed by atoms with Crippen molar-refractivity contribution in [1.82, 2.24) is 4.90 Å². The zero-order valence-corrected chi connectivity index (χ0v) is 13.7. The van der Waals surface area contributed by atoms with Crippen molar-refractivity contribution in [2.75, 3.05) is 25.4 Å². The number of primary amides is 1. The largest absolute Gasteiger partial charge is 0.398 e. The van der Waals surface area contributed by atoms with Gasteiger partial charge in [-0.3, -0.25) is 4.79 Å². The molecule has 0 aromatic heterocycles. The van der Waals surface area contributed by atoms with E-state index in [1.807, 2.05) is 18.2 Å². The number of carbonyl (C=O) groups excluding carboxylic acids is 1. The van der Waals surface area contributed by atoms with Crippen molar-refractivity contribution in [3.05, 3.63) is 53.6 Å². The Hall–Kier alpha value is -2.33. The number of hydrogen-bond acceptors (Lipinski definition) is 3. The van der Waals surface area contributed by atoms with Gasteiger partial charge in [-0.25, -0.2) is 0 Å². The normalized spacial score (nSPS) is 25.6. The van der Waals surface area contributed by atoms with E-state index in [0.29, 0.717) is 23.1 Å². The van der Waals surface area contributed by atoms with Gasteiger partial charge in [0.1, 0.15) is 0 Å². The molecule has 2 aromatic rings. The molecule has 2 aromatic carbocycles. The fraction of sp³-hybridized carbons (Fsp3) is 0.350. The van der Waals surface area contributed by atoms with Gasteiger partial charge < -0.3 is 16.4 Å². The van der Waals surface area contributed by atoms with Crippen molar-refractivity contribution in [3.8, 4) is 11.1 Å². The summed E-state index contributed by atoms with van der Waals surface area (Å²) in [5.41, 5.74) is 16.2. The summed E-state index contributed by atoms with van der Waals surface area (Å²) in [7, 11) is 0. The number of nitrogens with zero attached hydrogens (tertiary/aromatic N) is 1. The average molecular weight is 321 g/mol. The Morgan fingerprint density at radius 2 is 1.75 bits per heavy atom. The molecule has 1 unspecified atom stereocenters. The minimum atomic E-state index is -0.467. The summed E-state index contributed by atoms with van der Waals surface area (Å²) in [6.07, 6.45) is 2.49. The first-order chi connectivity index (χ1) is 11.6. The zero-order valence-electron chi connectivity index (χ0n) is 13.7. The molecule has 3 aliphatic heterocycles. The Labute approximate surface area is 142 Å². The SMILES string of the molecule is NC(=O)c1ccc(C2CN3CCC2CC3)c(-c2ccccc2)c1N. The highest BCUT2D eigenvalue weighted by Crippen LogP contribution is 2.44. The highest BCUT2D eigenvalue weighted by Gasteiger charge is 2.36. The number of rotatable bonds is 3. The first kappa shape index (κ1) is 15.2. The molecule has 4 heteroatoms. The highest BCUT2D eigenvalue weighted by atomic mass is 16.1. The molecule has 3 heterocycles. The van der Waals surface area contributed by atoms with Crippen LogP contribution >= 0.6 is 0 Å². The molecular formula is C20H23N3O. The second-order valence-corrected chi connectivity index (χ2v) is 6.97. The van der Waals surface area contributed by atoms with E-state index in [4.69, 9.17) is 11.5 Å². The maximum atomic E-state index is 11.8. The second-order valence-electron chi connectivity index (χ2n) is 6.97. The summed E-state index contributed by atoms with van der Waals surface area (Å²) in [5, 5.41) is 0. The average Bonchev–Trinajstić information content (AvgIpc) is 2.62. The third-order valence-corrected chi connectivity index (χ3v) is 5.66. The minimum Gasteiger partial charge on any atom is -0.398 e. The lowest BCUT2D eigenvalue weighted by atomic mass is 9.73. The molecule has 124 valence electrons. The Bertz CT molecular complexity index is 764. The monoisotopic (exact) mass is 321 g/mol. The predicted molar refractivity (Wildman–Crippen MR) is 96.7 cm³/mol. The topological polar surface area (TPSA) is 72.4 Å². The van der Waals surface area contributed by atoms with E-state index in [1.54, 1.807) is 6.07 Å². The van der Waals surface area contributed by atoms with Crippen molar-refractivity contribution in [3.63, 3.8) is 0 Å². The lowest BCUT2D eigenvalue weighted by Crippen LogP contribution is -2.46. The molecule has 1 amide bonds. The van der Waals surface area contributed by atoms with E-state index in [2.05, 4.69) is 23.1 Å². The van der Waals surface area contributed by atoms with Crippen molar-refractivity contribution in [1.29, 1.82) is 0 Å². The molecular weight excluding hydrogens is 298 g/mol. The Balaban J connectivity index is 1.88. The van der Waals surface area contributed by atoms with Crippen molar-refractivity contribution in [2.24, 2.45) is 11.7 Å². The van der Waals surface area contributed by atoms with Gasteiger partial charge in [-0.2, -0.15) is 0 Å². The summed E-state index contributed by atoms with van der Waals surface area (Å²) in [4.78, 5) is 14.3. The first-order valence-corrected chi connectivity index (χ1v) is 8.65. The molecule has 2 bridgehead atoms. The predicted octanol–water partition coefficient (Wildman–Crippen LogP) is 2.84. The molecule has 3 fully saturated rings. The van der Waals surface area contributed by atoms with E-state index >= 15 is 0 Å². The summed E-state index contributed by atoms with van der Waals surface area (Å²) >= 11 is 0. The molecule has 0 saturated carbocycles. The van der Waals surface area contributed by atoms with Crippen LogP contribution in [0.15, 0.2) is 42.5 Å². The second kappa shape index (κ2) is 5.95. The third kappa shape index (κ3) is 2.47. The van der Waals surface area contributed by atoms with Crippen LogP contribution in [0.1, 0.15) is 34.7 Å². The lowest BCUT2D eigenvalue weighted by Gasteiger charge is -2.45. The van der Waals surface area contributed by atoms with Crippen LogP contribution in [0.4, 0.5) is 5.69 Å². The van der Waals surface area contributed by atoms with Gasteiger partial charge in [0.2, 0.25) is 0 Å². The fourth-order valence-corrected chi connectivity index (χ4v) is 4.40. The van der Waals surface area contributed by atoms with Gasteiger partial charge in [0.25, 0.3) is 5.91 Å². The van der Waals surface area contributed by atoms with E-state index in [0.717, 1.165) is 17.7 Å². The van der Waals surface area contributed by atoms with Crippen LogP contribution in [-0.2, 0) is 0 Å². The number of carbonyl (C=O) groups is 1. The van der Waals surface area contributed by atoms with Crippen LogP contribution in [-0.4, -0.2) is 30.4 Å².